The van der Waals surface area contributed by atoms with Crippen LogP contribution in [-0.4, -0.2) is 28.8 Å². The van der Waals surface area contributed by atoms with Crippen LogP contribution < -0.4 is 0 Å². The molecule has 0 aliphatic carbocycles. The Morgan fingerprint density at radius 2 is 2.46 bits per heavy atom. The first-order valence-corrected chi connectivity index (χ1v) is 4.24. The number of methoxy groups -OCH3 is 1. The maximum atomic E-state index is 11.6. The van der Waals surface area contributed by atoms with E-state index in [9.17, 15) is 4.79 Å². The molecule has 4 heteroatoms. The van der Waals surface area contributed by atoms with E-state index in [-0.39, 0.29) is 11.9 Å². The van der Waals surface area contributed by atoms with E-state index in [2.05, 4.69) is 5.10 Å². The second-order valence-corrected chi connectivity index (χ2v) is 2.90. The average Bonchev–Trinajstić information content (AvgIpc) is 2.54. The summed E-state index contributed by atoms with van der Waals surface area (Å²) in [6, 6.07) is 0. The van der Waals surface area contributed by atoms with Crippen molar-refractivity contribution in [3.63, 3.8) is 0 Å². The van der Waals surface area contributed by atoms with Crippen LogP contribution in [0, 0.1) is 0 Å². The number of hydrogen-bond donors (Lipinski definition) is 0. The Morgan fingerprint density at radius 1 is 1.77 bits per heavy atom. The molecule has 0 radical (unpaired) electrons. The predicted octanol–water partition coefficient (Wildman–Crippen LogP) is 1.03. The lowest BCUT2D eigenvalue weighted by atomic mass is 10.1. The number of carbonyl (C=O) groups is 1. The Balaban J connectivity index is 2.78. The topological polar surface area (TPSA) is 44.1 Å². The molecule has 0 spiro atoms. The molecular weight excluding hydrogens is 168 g/mol. The summed E-state index contributed by atoms with van der Waals surface area (Å²) in [7, 11) is 3.33. The first-order chi connectivity index (χ1) is 6.19. The summed E-state index contributed by atoms with van der Waals surface area (Å²) in [5, 5.41) is 3.93. The number of ether oxygens (including phenoxy) is 1. The molecule has 0 aliphatic rings. The maximum absolute atomic E-state index is 11.6. The summed E-state index contributed by atoms with van der Waals surface area (Å²) in [6.45, 7) is 1.92. The standard InChI is InChI=1S/C9H14N2O2/c1-4-8(13-3)9(12)7-5-10-11(2)6-7/h5-6,8H,4H2,1-3H3. The van der Waals surface area contributed by atoms with Crippen LogP contribution in [0.15, 0.2) is 12.4 Å². The summed E-state index contributed by atoms with van der Waals surface area (Å²) in [6.07, 6.45) is 3.60. The third-order valence-electron chi connectivity index (χ3n) is 1.94. The minimum absolute atomic E-state index is 0.00176. The van der Waals surface area contributed by atoms with E-state index in [1.165, 1.54) is 0 Å². The highest BCUT2D eigenvalue weighted by Gasteiger charge is 2.18. The van der Waals surface area contributed by atoms with Gasteiger partial charge in [0.05, 0.1) is 11.8 Å². The van der Waals surface area contributed by atoms with Gasteiger partial charge in [-0.2, -0.15) is 5.10 Å². The number of aryl methyl sites for hydroxylation is 1. The van der Waals surface area contributed by atoms with E-state index >= 15 is 0 Å². The van der Waals surface area contributed by atoms with E-state index in [1.54, 1.807) is 31.2 Å². The number of ketones is 1. The molecule has 1 heterocycles. The van der Waals surface area contributed by atoms with Crippen LogP contribution in [-0.2, 0) is 11.8 Å². The number of hydrogen-bond acceptors (Lipinski definition) is 3. The summed E-state index contributed by atoms with van der Waals surface area (Å²) in [5.41, 5.74) is 0.608. The Kier molecular flexibility index (Phi) is 3.19. The van der Waals surface area contributed by atoms with E-state index in [1.807, 2.05) is 6.92 Å². The van der Waals surface area contributed by atoms with Gasteiger partial charge in [-0.15, -0.1) is 0 Å². The van der Waals surface area contributed by atoms with E-state index < -0.39 is 0 Å². The molecule has 1 atom stereocenters. The summed E-state index contributed by atoms with van der Waals surface area (Å²) < 4.78 is 6.65. The second kappa shape index (κ2) is 4.18. The van der Waals surface area contributed by atoms with Crippen LogP contribution in [0.5, 0.6) is 0 Å². The van der Waals surface area contributed by atoms with Crippen LogP contribution >= 0.6 is 0 Å². The fraction of sp³-hybridized carbons (Fsp3) is 0.556. The number of aromatic nitrogens is 2. The molecule has 0 aliphatic heterocycles. The highest BCUT2D eigenvalue weighted by atomic mass is 16.5. The van der Waals surface area contributed by atoms with Crippen LogP contribution in [0.4, 0.5) is 0 Å². The molecule has 0 amide bonds. The molecule has 0 saturated heterocycles. The van der Waals surface area contributed by atoms with Crippen molar-refractivity contribution in [2.75, 3.05) is 7.11 Å². The van der Waals surface area contributed by atoms with Gasteiger partial charge in [-0.3, -0.25) is 9.48 Å². The fourth-order valence-electron chi connectivity index (χ4n) is 1.19. The van der Waals surface area contributed by atoms with Crippen LogP contribution in [0.1, 0.15) is 23.7 Å². The molecular formula is C9H14N2O2. The van der Waals surface area contributed by atoms with Crippen molar-refractivity contribution in [1.29, 1.82) is 0 Å². The van der Waals surface area contributed by atoms with Gasteiger partial charge >= 0.3 is 0 Å². The summed E-state index contributed by atoms with van der Waals surface area (Å²) in [4.78, 5) is 11.6. The zero-order valence-corrected chi connectivity index (χ0v) is 8.15. The van der Waals surface area contributed by atoms with Crippen molar-refractivity contribution in [1.82, 2.24) is 9.78 Å². The molecule has 0 saturated carbocycles. The fourth-order valence-corrected chi connectivity index (χ4v) is 1.19. The number of carbonyl (C=O) groups excluding carboxylic acids is 1. The summed E-state index contributed by atoms with van der Waals surface area (Å²) >= 11 is 0. The highest BCUT2D eigenvalue weighted by Crippen LogP contribution is 2.07. The molecule has 0 bridgehead atoms. The predicted molar refractivity (Wildman–Crippen MR) is 48.6 cm³/mol. The molecule has 1 aromatic rings. The molecule has 1 rings (SSSR count). The Labute approximate surface area is 77.5 Å². The van der Waals surface area contributed by atoms with Gasteiger partial charge in [-0.25, -0.2) is 0 Å². The van der Waals surface area contributed by atoms with E-state index in [0.717, 1.165) is 0 Å². The zero-order valence-electron chi connectivity index (χ0n) is 8.15. The SMILES string of the molecule is CCC(OC)C(=O)c1cnn(C)c1. The Hall–Kier alpha value is -1.16. The quantitative estimate of drug-likeness (QED) is 0.653. The lowest BCUT2D eigenvalue weighted by molar-refractivity contribution is 0.0595. The lowest BCUT2D eigenvalue weighted by Gasteiger charge is -2.09. The van der Waals surface area contributed by atoms with Gasteiger partial charge in [0, 0.05) is 20.4 Å². The Morgan fingerprint density at radius 3 is 2.85 bits per heavy atom. The van der Waals surface area contributed by atoms with Crippen molar-refractivity contribution < 1.29 is 9.53 Å². The molecule has 4 nitrogen and oxygen atoms in total. The number of Topliss-reactive ketones (excluding diaryl/α,β-unsaturated/α-hetero) is 1. The third kappa shape index (κ3) is 2.15. The highest BCUT2D eigenvalue weighted by molar-refractivity contribution is 5.99. The number of nitrogens with zero attached hydrogens (tertiary/aromatic N) is 2. The first-order valence-electron chi connectivity index (χ1n) is 4.24. The molecule has 0 aromatic carbocycles. The molecule has 13 heavy (non-hydrogen) atoms. The van der Waals surface area contributed by atoms with Crippen molar-refractivity contribution in [2.45, 2.75) is 19.4 Å². The van der Waals surface area contributed by atoms with Crippen LogP contribution in [0.2, 0.25) is 0 Å². The van der Waals surface area contributed by atoms with Crippen molar-refractivity contribution >= 4 is 5.78 Å². The minimum Gasteiger partial charge on any atom is -0.373 e. The molecule has 1 aromatic heterocycles. The summed E-state index contributed by atoms with van der Waals surface area (Å²) in [5.74, 6) is -0.00176. The average molecular weight is 182 g/mol. The van der Waals surface area contributed by atoms with Gasteiger partial charge in [0.25, 0.3) is 0 Å². The largest absolute Gasteiger partial charge is 0.373 e. The van der Waals surface area contributed by atoms with E-state index in [4.69, 9.17) is 4.74 Å². The van der Waals surface area contributed by atoms with Crippen LogP contribution in [0.3, 0.4) is 0 Å². The molecule has 0 fully saturated rings. The van der Waals surface area contributed by atoms with Crippen molar-refractivity contribution in [2.24, 2.45) is 7.05 Å². The van der Waals surface area contributed by atoms with Gasteiger partial charge in [-0.1, -0.05) is 6.92 Å². The third-order valence-corrected chi connectivity index (χ3v) is 1.94. The smallest absolute Gasteiger partial charge is 0.194 e. The number of rotatable bonds is 4. The van der Waals surface area contributed by atoms with Gasteiger partial charge in [0.2, 0.25) is 0 Å². The first kappa shape index (κ1) is 9.92. The van der Waals surface area contributed by atoms with Gasteiger partial charge in [-0.05, 0) is 6.42 Å². The van der Waals surface area contributed by atoms with E-state index in [0.29, 0.717) is 12.0 Å². The molecule has 72 valence electrons. The molecule has 1 unspecified atom stereocenters. The zero-order chi connectivity index (χ0) is 9.84. The molecule has 0 N–H and O–H groups in total. The monoisotopic (exact) mass is 182 g/mol. The minimum atomic E-state index is -0.343. The maximum Gasteiger partial charge on any atom is 0.194 e. The van der Waals surface area contributed by atoms with Crippen LogP contribution in [0.25, 0.3) is 0 Å². The van der Waals surface area contributed by atoms with Gasteiger partial charge in [0.15, 0.2) is 5.78 Å². The Bertz CT molecular complexity index is 290. The van der Waals surface area contributed by atoms with Crippen molar-refractivity contribution in [3.8, 4) is 0 Å². The van der Waals surface area contributed by atoms with Gasteiger partial charge < -0.3 is 4.74 Å². The lowest BCUT2D eigenvalue weighted by Crippen LogP contribution is -2.21. The van der Waals surface area contributed by atoms with Gasteiger partial charge in [0.1, 0.15) is 6.10 Å². The normalized spacial score (nSPS) is 12.8. The second-order valence-electron chi connectivity index (χ2n) is 2.90. The van der Waals surface area contributed by atoms with Crippen molar-refractivity contribution in [3.05, 3.63) is 18.0 Å².